The van der Waals surface area contributed by atoms with Crippen molar-refractivity contribution in [1.82, 2.24) is 0 Å². The van der Waals surface area contributed by atoms with E-state index in [-0.39, 0.29) is 9.76 Å². The average molecular weight is 527 g/mol. The maximum absolute atomic E-state index is 6.73. The minimum Gasteiger partial charge on any atom is -0.444 e. The van der Waals surface area contributed by atoms with Gasteiger partial charge in [-0.25, -0.2) is 0 Å². The van der Waals surface area contributed by atoms with E-state index in [1.54, 1.807) is 0 Å². The van der Waals surface area contributed by atoms with Crippen molar-refractivity contribution in [3.8, 4) is 0 Å². The second kappa shape index (κ2) is 13.3. The highest BCUT2D eigenvalue weighted by molar-refractivity contribution is 6.99. The van der Waals surface area contributed by atoms with E-state index in [1.165, 1.54) is 10.4 Å². The van der Waals surface area contributed by atoms with Crippen LogP contribution < -0.4 is 10.4 Å². The van der Waals surface area contributed by atoms with E-state index in [9.17, 15) is 0 Å². The molecule has 0 N–H and O–H groups in total. The normalized spacial score (nSPS) is 14.1. The fraction of sp³-hybridized carbons (Fsp3) is 0.429. The summed E-state index contributed by atoms with van der Waals surface area (Å²) in [6.45, 7) is 19.8. The zero-order valence-electron chi connectivity index (χ0n) is 20.9. The lowest BCUT2D eigenvalue weighted by Crippen LogP contribution is -2.67. The maximum atomic E-state index is 6.73. The molecule has 174 valence electrons. The third-order valence-corrected chi connectivity index (χ3v) is 20.0. The highest BCUT2D eigenvalue weighted by Gasteiger charge is 2.44. The summed E-state index contributed by atoms with van der Waals surface area (Å²) in [5.74, 6) is 0. The van der Waals surface area contributed by atoms with Crippen molar-refractivity contribution in [3.05, 3.63) is 60.7 Å². The van der Waals surface area contributed by atoms with Crippen molar-refractivity contribution in [3.63, 3.8) is 0 Å². The van der Waals surface area contributed by atoms with Crippen LogP contribution in [0.15, 0.2) is 60.7 Å². The van der Waals surface area contributed by atoms with Crippen LogP contribution in [0.5, 0.6) is 0 Å². The molecule has 0 heterocycles. The first-order valence-electron chi connectivity index (χ1n) is 11.2. The molecule has 0 aliphatic carbocycles. The zero-order chi connectivity index (χ0) is 23.5. The molecule has 0 saturated carbocycles. The average Bonchev–Trinajstić information content (AvgIpc) is 2.67. The SMILES string of the molecule is C[SiH2]O[SiH](C)O[Si](C)(C)C.C[SiH2]O[Si](O[Si](C)(C)C)(c1ccccc1)c1ccccc1. The molecule has 4 nitrogen and oxygen atoms in total. The summed E-state index contributed by atoms with van der Waals surface area (Å²) in [7, 11) is -7.63. The third kappa shape index (κ3) is 10.8. The molecule has 10 heteroatoms. The Morgan fingerprint density at radius 1 is 0.677 bits per heavy atom. The van der Waals surface area contributed by atoms with Crippen LogP contribution >= 0.6 is 0 Å². The van der Waals surface area contributed by atoms with Crippen molar-refractivity contribution in [2.75, 3.05) is 0 Å². The molecule has 0 saturated heterocycles. The standard InChI is InChI=1S/C16H24O2Si3.C5H18O2Si3/c1-19-17-21(18-20(2,3)4,15-11-7-5-8-12-15)16-13-9-6-10-14-16;1-8-6-9(2)7-10(3,4)5/h5-14H,19H2,1-4H3;9H,8H2,1-5H3. The van der Waals surface area contributed by atoms with Gasteiger partial charge in [0.15, 0.2) is 16.6 Å². The molecule has 0 aromatic heterocycles. The number of hydrogen-bond donors (Lipinski definition) is 0. The molecule has 1 atom stereocenters. The largest absolute Gasteiger partial charge is 0.444 e. The Bertz CT molecular complexity index is 696. The molecule has 0 radical (unpaired) electrons. The summed E-state index contributed by atoms with van der Waals surface area (Å²) in [5, 5.41) is 2.43. The van der Waals surface area contributed by atoms with Gasteiger partial charge in [0.1, 0.15) is 19.5 Å². The van der Waals surface area contributed by atoms with Gasteiger partial charge in [-0.1, -0.05) is 73.8 Å². The first-order valence-corrected chi connectivity index (χ1v) is 25.9. The van der Waals surface area contributed by atoms with Crippen LogP contribution in [0.4, 0.5) is 0 Å². The summed E-state index contributed by atoms with van der Waals surface area (Å²) >= 11 is 0. The Morgan fingerprint density at radius 2 is 1.13 bits per heavy atom. The van der Waals surface area contributed by atoms with Gasteiger partial charge in [-0.15, -0.1) is 0 Å². The first kappa shape index (κ1) is 28.6. The van der Waals surface area contributed by atoms with Gasteiger partial charge in [-0.2, -0.15) is 0 Å². The lowest BCUT2D eigenvalue weighted by Gasteiger charge is -2.37. The Balaban J connectivity index is 0.000000407. The van der Waals surface area contributed by atoms with Gasteiger partial charge in [0.25, 0.3) is 9.28 Å². The van der Waals surface area contributed by atoms with Gasteiger partial charge in [-0.05, 0) is 56.2 Å². The van der Waals surface area contributed by atoms with Crippen LogP contribution in [0.2, 0.25) is 58.9 Å². The van der Waals surface area contributed by atoms with E-state index in [0.29, 0.717) is 0 Å². The Kier molecular flexibility index (Phi) is 12.3. The first-order chi connectivity index (χ1) is 14.4. The molecule has 0 fully saturated rings. The van der Waals surface area contributed by atoms with Crippen LogP contribution in [0.3, 0.4) is 0 Å². The van der Waals surface area contributed by atoms with Crippen LogP contribution in [0.25, 0.3) is 0 Å². The van der Waals surface area contributed by atoms with Crippen molar-refractivity contribution in [1.29, 1.82) is 0 Å². The minimum absolute atomic E-state index is 0.243. The molecule has 31 heavy (non-hydrogen) atoms. The van der Waals surface area contributed by atoms with E-state index in [0.717, 1.165) is 0 Å². The smallest absolute Gasteiger partial charge is 0.386 e. The molecule has 2 aromatic rings. The van der Waals surface area contributed by atoms with Crippen LogP contribution in [0.1, 0.15) is 0 Å². The summed E-state index contributed by atoms with van der Waals surface area (Å²) in [6, 6.07) is 21.0. The summed E-state index contributed by atoms with van der Waals surface area (Å²) < 4.78 is 24.5. The van der Waals surface area contributed by atoms with E-state index >= 15 is 0 Å². The summed E-state index contributed by atoms with van der Waals surface area (Å²) in [4.78, 5) is 0. The molecule has 0 bridgehead atoms. The summed E-state index contributed by atoms with van der Waals surface area (Å²) in [5.41, 5.74) is 0. The van der Waals surface area contributed by atoms with Crippen LogP contribution in [0, 0.1) is 0 Å². The van der Waals surface area contributed by atoms with Crippen molar-refractivity contribution < 1.29 is 16.5 Å². The van der Waals surface area contributed by atoms with Gasteiger partial charge in [-0.3, -0.25) is 0 Å². The van der Waals surface area contributed by atoms with Gasteiger partial charge < -0.3 is 16.5 Å². The van der Waals surface area contributed by atoms with Crippen molar-refractivity contribution in [2.24, 2.45) is 0 Å². The minimum atomic E-state index is -2.56. The number of rotatable bonds is 10. The van der Waals surface area contributed by atoms with Gasteiger partial charge >= 0.3 is 8.56 Å². The number of benzene rings is 2. The van der Waals surface area contributed by atoms with Crippen LogP contribution in [-0.2, 0) is 16.5 Å². The fourth-order valence-corrected chi connectivity index (χ4v) is 19.7. The monoisotopic (exact) mass is 526 g/mol. The Morgan fingerprint density at radius 3 is 1.45 bits per heavy atom. The molecule has 2 aromatic carbocycles. The van der Waals surface area contributed by atoms with Crippen LogP contribution in [-0.4, -0.2) is 54.0 Å². The molecule has 0 aliphatic rings. The topological polar surface area (TPSA) is 36.9 Å². The lowest BCUT2D eigenvalue weighted by atomic mass is 10.4. The zero-order valence-corrected chi connectivity index (χ0v) is 27.9. The summed E-state index contributed by atoms with van der Waals surface area (Å²) in [6.07, 6.45) is 0. The number of hydrogen-bond acceptors (Lipinski definition) is 4. The second-order valence-corrected chi connectivity index (χ2v) is 26.6. The van der Waals surface area contributed by atoms with E-state index in [4.69, 9.17) is 16.5 Å². The lowest BCUT2D eigenvalue weighted by molar-refractivity contribution is 0.431. The maximum Gasteiger partial charge on any atom is 0.386 e. The van der Waals surface area contributed by atoms with Gasteiger partial charge in [0.05, 0.1) is 0 Å². The van der Waals surface area contributed by atoms with Gasteiger partial charge in [0.2, 0.25) is 0 Å². The molecule has 2 rings (SSSR count). The van der Waals surface area contributed by atoms with E-state index < -0.39 is 44.2 Å². The predicted molar refractivity (Wildman–Crippen MR) is 151 cm³/mol. The third-order valence-electron chi connectivity index (χ3n) is 4.03. The fourth-order valence-electron chi connectivity index (χ4n) is 3.20. The van der Waals surface area contributed by atoms with Crippen molar-refractivity contribution in [2.45, 2.75) is 58.9 Å². The second-order valence-electron chi connectivity index (χ2n) is 9.25. The molecule has 0 spiro atoms. The van der Waals surface area contributed by atoms with Crippen molar-refractivity contribution >= 4 is 64.4 Å². The molecule has 0 amide bonds. The highest BCUT2D eigenvalue weighted by atomic mass is 28.5. The molecular formula is C21H42O4Si6. The van der Waals surface area contributed by atoms with Gasteiger partial charge in [0, 0.05) is 0 Å². The Hall–Kier alpha value is -0.419. The molecule has 1 unspecified atom stereocenters. The predicted octanol–water partition coefficient (Wildman–Crippen LogP) is 3.08. The molecular weight excluding hydrogens is 485 g/mol. The quantitative estimate of drug-likeness (QED) is 0.446. The van der Waals surface area contributed by atoms with E-state index in [1.807, 2.05) is 12.1 Å². The van der Waals surface area contributed by atoms with E-state index in [2.05, 4.69) is 107 Å². The highest BCUT2D eigenvalue weighted by Crippen LogP contribution is 2.16. The molecule has 0 aliphatic heterocycles. The Labute approximate surface area is 199 Å².